The van der Waals surface area contributed by atoms with Crippen molar-refractivity contribution in [3.63, 3.8) is 0 Å². The van der Waals surface area contributed by atoms with E-state index in [2.05, 4.69) is 36.5 Å². The van der Waals surface area contributed by atoms with Gasteiger partial charge in [-0.3, -0.25) is 0 Å². The Hall–Kier alpha value is -1.22. The minimum Gasteiger partial charge on any atom is -0.495 e. The van der Waals surface area contributed by atoms with Crippen LogP contribution in [0.3, 0.4) is 0 Å². The average molecular weight is 324 g/mol. The Balaban J connectivity index is 2.31. The standard InChI is InChI=1S/C17H19Cl2NO/c1-11-5-4-6-12(7-11)8-16(20-2)13-9-15(19)17(21-3)10-14(13)18/h4-7,9-10,16,20H,8H2,1-3H3. The predicted octanol–water partition coefficient (Wildman–Crippen LogP) is 4.81. The molecule has 0 aromatic heterocycles. The quantitative estimate of drug-likeness (QED) is 0.852. The Morgan fingerprint density at radius 1 is 1.14 bits per heavy atom. The molecule has 0 spiro atoms. The lowest BCUT2D eigenvalue weighted by Crippen LogP contribution is -2.19. The highest BCUT2D eigenvalue weighted by Crippen LogP contribution is 2.35. The van der Waals surface area contributed by atoms with Crippen LogP contribution in [0.5, 0.6) is 5.75 Å². The van der Waals surface area contributed by atoms with Crippen LogP contribution in [0.1, 0.15) is 22.7 Å². The first kappa shape index (κ1) is 16.2. The third-order valence-electron chi connectivity index (χ3n) is 3.52. The molecule has 2 rings (SSSR count). The Bertz CT molecular complexity index is 628. The molecule has 0 aliphatic heterocycles. The molecular weight excluding hydrogens is 305 g/mol. The maximum absolute atomic E-state index is 6.37. The highest BCUT2D eigenvalue weighted by Gasteiger charge is 2.16. The summed E-state index contributed by atoms with van der Waals surface area (Å²) in [5, 5.41) is 4.53. The van der Waals surface area contributed by atoms with Gasteiger partial charge in [0.2, 0.25) is 0 Å². The van der Waals surface area contributed by atoms with Crippen LogP contribution < -0.4 is 10.1 Å². The van der Waals surface area contributed by atoms with Gasteiger partial charge in [-0.15, -0.1) is 0 Å². The lowest BCUT2D eigenvalue weighted by atomic mass is 9.98. The minimum atomic E-state index is 0.0997. The Morgan fingerprint density at radius 2 is 1.90 bits per heavy atom. The van der Waals surface area contributed by atoms with Gasteiger partial charge in [-0.2, -0.15) is 0 Å². The van der Waals surface area contributed by atoms with E-state index < -0.39 is 0 Å². The fourth-order valence-corrected chi connectivity index (χ4v) is 2.94. The van der Waals surface area contributed by atoms with Crippen LogP contribution in [0.4, 0.5) is 0 Å². The van der Waals surface area contributed by atoms with Gasteiger partial charge >= 0.3 is 0 Å². The molecule has 2 nitrogen and oxygen atoms in total. The lowest BCUT2D eigenvalue weighted by molar-refractivity contribution is 0.414. The van der Waals surface area contributed by atoms with E-state index in [0.717, 1.165) is 12.0 Å². The van der Waals surface area contributed by atoms with Crippen molar-refractivity contribution in [3.05, 3.63) is 63.1 Å². The number of halogens is 2. The molecule has 0 saturated carbocycles. The van der Waals surface area contributed by atoms with E-state index in [9.17, 15) is 0 Å². The number of hydrogen-bond donors (Lipinski definition) is 1. The zero-order chi connectivity index (χ0) is 15.4. The number of nitrogens with one attached hydrogen (secondary N) is 1. The number of ether oxygens (including phenoxy) is 1. The van der Waals surface area contributed by atoms with E-state index in [4.69, 9.17) is 27.9 Å². The summed E-state index contributed by atoms with van der Waals surface area (Å²) in [6.07, 6.45) is 0.848. The van der Waals surface area contributed by atoms with Gasteiger partial charge in [0.05, 0.1) is 12.1 Å². The Morgan fingerprint density at radius 3 is 2.52 bits per heavy atom. The molecule has 1 N–H and O–H groups in total. The third-order valence-corrected chi connectivity index (χ3v) is 4.14. The summed E-state index contributed by atoms with van der Waals surface area (Å²) in [5.74, 6) is 0.593. The number of likely N-dealkylation sites (N-methyl/N-ethyl adjacent to an activating group) is 1. The van der Waals surface area contributed by atoms with Crippen LogP contribution in [0.25, 0.3) is 0 Å². The molecule has 1 atom stereocenters. The molecule has 1 unspecified atom stereocenters. The van der Waals surface area contributed by atoms with E-state index in [1.54, 1.807) is 13.2 Å². The maximum Gasteiger partial charge on any atom is 0.138 e. The fourth-order valence-electron chi connectivity index (χ4n) is 2.41. The second-order valence-electron chi connectivity index (χ2n) is 5.04. The predicted molar refractivity (Wildman–Crippen MR) is 89.7 cm³/mol. The van der Waals surface area contributed by atoms with Gasteiger partial charge in [0.25, 0.3) is 0 Å². The van der Waals surface area contributed by atoms with Gasteiger partial charge in [0.15, 0.2) is 0 Å². The smallest absolute Gasteiger partial charge is 0.138 e. The highest BCUT2D eigenvalue weighted by molar-refractivity contribution is 6.34. The topological polar surface area (TPSA) is 21.3 Å². The van der Waals surface area contributed by atoms with Crippen LogP contribution in [0.2, 0.25) is 10.0 Å². The van der Waals surface area contributed by atoms with Gasteiger partial charge in [0, 0.05) is 17.1 Å². The molecule has 0 saturated heterocycles. The molecule has 0 bridgehead atoms. The van der Waals surface area contributed by atoms with E-state index in [1.807, 2.05) is 13.1 Å². The highest BCUT2D eigenvalue weighted by atomic mass is 35.5. The first-order valence-corrected chi connectivity index (χ1v) is 7.56. The maximum atomic E-state index is 6.37. The summed E-state index contributed by atoms with van der Waals surface area (Å²) >= 11 is 12.6. The molecule has 0 amide bonds. The molecule has 112 valence electrons. The molecule has 0 aliphatic rings. The van der Waals surface area contributed by atoms with Crippen LogP contribution in [0, 0.1) is 6.92 Å². The van der Waals surface area contributed by atoms with E-state index in [-0.39, 0.29) is 6.04 Å². The third kappa shape index (κ3) is 3.91. The van der Waals surface area contributed by atoms with Crippen molar-refractivity contribution < 1.29 is 4.74 Å². The minimum absolute atomic E-state index is 0.0997. The second kappa shape index (κ2) is 7.17. The molecular formula is C17H19Cl2NO. The first-order valence-electron chi connectivity index (χ1n) is 6.81. The van der Waals surface area contributed by atoms with Crippen LogP contribution in [-0.2, 0) is 6.42 Å². The van der Waals surface area contributed by atoms with Crippen LogP contribution >= 0.6 is 23.2 Å². The van der Waals surface area contributed by atoms with Gasteiger partial charge < -0.3 is 10.1 Å². The summed E-state index contributed by atoms with van der Waals surface area (Å²) in [6, 6.07) is 12.2. The number of hydrogen-bond acceptors (Lipinski definition) is 2. The van der Waals surface area contributed by atoms with E-state index >= 15 is 0 Å². The number of rotatable bonds is 5. The molecule has 4 heteroatoms. The average Bonchev–Trinajstić information content (AvgIpc) is 2.47. The summed E-state index contributed by atoms with van der Waals surface area (Å²) < 4.78 is 5.19. The molecule has 0 heterocycles. The molecule has 0 radical (unpaired) electrons. The van der Waals surface area contributed by atoms with Gasteiger partial charge in [-0.05, 0) is 37.6 Å². The van der Waals surface area contributed by atoms with Gasteiger partial charge in [0.1, 0.15) is 5.75 Å². The number of benzene rings is 2. The SMILES string of the molecule is CNC(Cc1cccc(C)c1)c1cc(Cl)c(OC)cc1Cl. The van der Waals surface area contributed by atoms with Crippen molar-refractivity contribution in [1.29, 1.82) is 0 Å². The summed E-state index contributed by atoms with van der Waals surface area (Å²) in [6.45, 7) is 2.09. The van der Waals surface area contributed by atoms with Gasteiger partial charge in [-0.1, -0.05) is 53.0 Å². The van der Waals surface area contributed by atoms with Gasteiger partial charge in [-0.25, -0.2) is 0 Å². The zero-order valence-corrected chi connectivity index (χ0v) is 13.9. The van der Waals surface area contributed by atoms with Crippen molar-refractivity contribution >= 4 is 23.2 Å². The summed E-state index contributed by atoms with van der Waals surface area (Å²) in [5.41, 5.74) is 3.49. The van der Waals surface area contributed by atoms with Crippen molar-refractivity contribution in [2.45, 2.75) is 19.4 Å². The zero-order valence-electron chi connectivity index (χ0n) is 12.4. The summed E-state index contributed by atoms with van der Waals surface area (Å²) in [4.78, 5) is 0. The van der Waals surface area contributed by atoms with E-state index in [0.29, 0.717) is 15.8 Å². The monoisotopic (exact) mass is 323 g/mol. The molecule has 21 heavy (non-hydrogen) atoms. The van der Waals surface area contributed by atoms with E-state index in [1.165, 1.54) is 11.1 Å². The first-order chi connectivity index (χ1) is 10.0. The second-order valence-corrected chi connectivity index (χ2v) is 5.86. The molecule has 2 aromatic carbocycles. The lowest BCUT2D eigenvalue weighted by Gasteiger charge is -2.19. The van der Waals surface area contributed by atoms with Crippen LogP contribution in [-0.4, -0.2) is 14.2 Å². The summed E-state index contributed by atoms with van der Waals surface area (Å²) in [7, 11) is 3.51. The van der Waals surface area contributed by atoms with Crippen molar-refractivity contribution in [2.75, 3.05) is 14.2 Å². The molecule has 0 fully saturated rings. The van der Waals surface area contributed by atoms with Crippen molar-refractivity contribution in [1.82, 2.24) is 5.32 Å². The van der Waals surface area contributed by atoms with Crippen molar-refractivity contribution in [2.24, 2.45) is 0 Å². The fraction of sp³-hybridized carbons (Fsp3) is 0.294. The number of methoxy groups -OCH3 is 1. The van der Waals surface area contributed by atoms with Crippen LogP contribution in [0.15, 0.2) is 36.4 Å². The Kier molecular flexibility index (Phi) is 5.51. The van der Waals surface area contributed by atoms with Crippen molar-refractivity contribution in [3.8, 4) is 5.75 Å². The Labute approximate surface area is 136 Å². The normalized spacial score (nSPS) is 12.2. The number of aryl methyl sites for hydroxylation is 1. The largest absolute Gasteiger partial charge is 0.495 e. The molecule has 2 aromatic rings. The molecule has 0 aliphatic carbocycles.